The molecule has 1 aliphatic rings. The SMILES string of the molecule is COc1cc(CN2C(=O)C(NC(C)=O)c3cc(C)ccc32)ccc1OCCC(C)C. The predicted molar refractivity (Wildman–Crippen MR) is 117 cm³/mol. The third kappa shape index (κ3) is 4.75. The maximum atomic E-state index is 13.1. The Hall–Kier alpha value is -3.02. The van der Waals surface area contributed by atoms with Gasteiger partial charge in [0.1, 0.15) is 6.04 Å². The molecular formula is C24H30N2O4. The summed E-state index contributed by atoms with van der Waals surface area (Å²) in [5.41, 5.74) is 3.62. The molecule has 160 valence electrons. The van der Waals surface area contributed by atoms with Crippen molar-refractivity contribution in [2.24, 2.45) is 5.92 Å². The van der Waals surface area contributed by atoms with Crippen molar-refractivity contribution in [2.45, 2.75) is 46.7 Å². The molecule has 1 heterocycles. The number of hydrogen-bond donors (Lipinski definition) is 1. The molecule has 0 aromatic heterocycles. The molecule has 6 nitrogen and oxygen atoms in total. The van der Waals surface area contributed by atoms with Crippen LogP contribution in [0.1, 0.15) is 49.9 Å². The first-order valence-electron chi connectivity index (χ1n) is 10.3. The highest BCUT2D eigenvalue weighted by Gasteiger charge is 2.37. The third-order valence-corrected chi connectivity index (χ3v) is 5.17. The van der Waals surface area contributed by atoms with Crippen LogP contribution in [0.2, 0.25) is 0 Å². The van der Waals surface area contributed by atoms with Gasteiger partial charge in [-0.2, -0.15) is 0 Å². The van der Waals surface area contributed by atoms with Gasteiger partial charge in [0.15, 0.2) is 11.5 Å². The second-order valence-electron chi connectivity index (χ2n) is 8.14. The van der Waals surface area contributed by atoms with E-state index in [0.717, 1.165) is 28.8 Å². The van der Waals surface area contributed by atoms with E-state index in [4.69, 9.17) is 9.47 Å². The minimum Gasteiger partial charge on any atom is -0.493 e. The van der Waals surface area contributed by atoms with E-state index in [9.17, 15) is 9.59 Å². The first-order chi connectivity index (χ1) is 14.3. The lowest BCUT2D eigenvalue weighted by Gasteiger charge is -2.19. The average molecular weight is 411 g/mol. The Labute approximate surface area is 178 Å². The summed E-state index contributed by atoms with van der Waals surface area (Å²) in [6, 6.07) is 10.9. The van der Waals surface area contributed by atoms with Gasteiger partial charge in [0.05, 0.1) is 20.3 Å². The zero-order chi connectivity index (χ0) is 21.8. The molecule has 0 saturated carbocycles. The Bertz CT molecular complexity index is 939. The Morgan fingerprint density at radius 2 is 1.93 bits per heavy atom. The molecule has 0 radical (unpaired) electrons. The monoisotopic (exact) mass is 410 g/mol. The van der Waals surface area contributed by atoms with E-state index < -0.39 is 6.04 Å². The Morgan fingerprint density at radius 1 is 1.17 bits per heavy atom. The fourth-order valence-corrected chi connectivity index (χ4v) is 3.58. The minimum absolute atomic E-state index is 0.137. The summed E-state index contributed by atoms with van der Waals surface area (Å²) in [5, 5.41) is 2.78. The molecule has 0 saturated heterocycles. The van der Waals surface area contributed by atoms with Crippen LogP contribution in [-0.4, -0.2) is 25.5 Å². The number of nitrogens with zero attached hydrogens (tertiary/aromatic N) is 1. The molecule has 1 atom stereocenters. The fraction of sp³-hybridized carbons (Fsp3) is 0.417. The van der Waals surface area contributed by atoms with Crippen molar-refractivity contribution < 1.29 is 19.1 Å². The number of carbonyl (C=O) groups excluding carboxylic acids is 2. The summed E-state index contributed by atoms with van der Waals surface area (Å²) in [6.45, 7) is 8.72. The van der Waals surface area contributed by atoms with E-state index in [1.54, 1.807) is 12.0 Å². The van der Waals surface area contributed by atoms with Crippen LogP contribution >= 0.6 is 0 Å². The number of amides is 2. The summed E-state index contributed by atoms with van der Waals surface area (Å²) in [5.74, 6) is 1.54. The van der Waals surface area contributed by atoms with Crippen molar-refractivity contribution in [3.63, 3.8) is 0 Å². The molecule has 1 unspecified atom stereocenters. The zero-order valence-corrected chi connectivity index (χ0v) is 18.3. The molecular weight excluding hydrogens is 380 g/mol. The summed E-state index contributed by atoms with van der Waals surface area (Å²) >= 11 is 0. The molecule has 1 aliphatic heterocycles. The van der Waals surface area contributed by atoms with Crippen molar-refractivity contribution in [1.82, 2.24) is 5.32 Å². The number of fused-ring (bicyclic) bond motifs is 1. The highest BCUT2D eigenvalue weighted by atomic mass is 16.5. The molecule has 30 heavy (non-hydrogen) atoms. The van der Waals surface area contributed by atoms with Gasteiger partial charge < -0.3 is 19.7 Å². The normalized spacial score (nSPS) is 15.3. The van der Waals surface area contributed by atoms with Gasteiger partial charge in [-0.25, -0.2) is 0 Å². The topological polar surface area (TPSA) is 67.9 Å². The lowest BCUT2D eigenvalue weighted by atomic mass is 10.1. The number of nitrogens with one attached hydrogen (secondary N) is 1. The third-order valence-electron chi connectivity index (χ3n) is 5.17. The lowest BCUT2D eigenvalue weighted by Crippen LogP contribution is -2.36. The number of methoxy groups -OCH3 is 1. The van der Waals surface area contributed by atoms with Crippen molar-refractivity contribution in [2.75, 3.05) is 18.6 Å². The summed E-state index contributed by atoms with van der Waals surface area (Å²) in [4.78, 5) is 26.4. The van der Waals surface area contributed by atoms with Crippen LogP contribution in [0.25, 0.3) is 0 Å². The molecule has 2 aromatic rings. The summed E-state index contributed by atoms with van der Waals surface area (Å²) in [7, 11) is 1.61. The Balaban J connectivity index is 1.83. The largest absolute Gasteiger partial charge is 0.493 e. The number of aryl methyl sites for hydroxylation is 1. The van der Waals surface area contributed by atoms with E-state index in [1.165, 1.54) is 6.92 Å². The van der Waals surface area contributed by atoms with Crippen LogP contribution < -0.4 is 19.7 Å². The average Bonchev–Trinajstić information content (AvgIpc) is 2.93. The first-order valence-corrected chi connectivity index (χ1v) is 10.3. The van der Waals surface area contributed by atoms with Crippen molar-refractivity contribution in [1.29, 1.82) is 0 Å². The first kappa shape index (κ1) is 21.7. The number of benzene rings is 2. The number of rotatable bonds is 8. The van der Waals surface area contributed by atoms with Gasteiger partial charge in [0.25, 0.3) is 5.91 Å². The number of carbonyl (C=O) groups is 2. The molecule has 0 aliphatic carbocycles. The van der Waals surface area contributed by atoms with E-state index in [1.807, 2.05) is 43.3 Å². The minimum atomic E-state index is -0.655. The molecule has 1 N–H and O–H groups in total. The molecule has 3 rings (SSSR count). The van der Waals surface area contributed by atoms with Crippen LogP contribution in [0.15, 0.2) is 36.4 Å². The highest BCUT2D eigenvalue weighted by Crippen LogP contribution is 2.38. The molecule has 2 amide bonds. The van der Waals surface area contributed by atoms with Gasteiger partial charge in [0.2, 0.25) is 5.91 Å². The van der Waals surface area contributed by atoms with Crippen LogP contribution in [0, 0.1) is 12.8 Å². The van der Waals surface area contributed by atoms with Crippen LogP contribution in [0.4, 0.5) is 5.69 Å². The van der Waals surface area contributed by atoms with E-state index in [2.05, 4.69) is 19.2 Å². The number of ether oxygens (including phenoxy) is 2. The van der Waals surface area contributed by atoms with Crippen LogP contribution in [-0.2, 0) is 16.1 Å². The van der Waals surface area contributed by atoms with Gasteiger partial charge in [-0.05, 0) is 43.0 Å². The van der Waals surface area contributed by atoms with Crippen molar-refractivity contribution in [3.8, 4) is 11.5 Å². The quantitative estimate of drug-likeness (QED) is 0.710. The van der Waals surface area contributed by atoms with Gasteiger partial charge in [-0.1, -0.05) is 37.6 Å². The van der Waals surface area contributed by atoms with Crippen molar-refractivity contribution >= 4 is 17.5 Å². The zero-order valence-electron chi connectivity index (χ0n) is 18.3. The van der Waals surface area contributed by atoms with Crippen LogP contribution in [0.3, 0.4) is 0 Å². The summed E-state index contributed by atoms with van der Waals surface area (Å²) < 4.78 is 11.4. The maximum absolute atomic E-state index is 13.1. The summed E-state index contributed by atoms with van der Waals surface area (Å²) in [6.07, 6.45) is 0.966. The Kier molecular flexibility index (Phi) is 6.65. The molecule has 2 aromatic carbocycles. The van der Waals surface area contributed by atoms with Gasteiger partial charge in [0, 0.05) is 18.2 Å². The number of hydrogen-bond acceptors (Lipinski definition) is 4. The standard InChI is InChI=1S/C24H30N2O4/c1-15(2)10-11-30-21-9-7-18(13-22(21)29-5)14-26-20-8-6-16(3)12-19(20)23(24(26)28)25-17(4)27/h6-9,12-13,15,23H,10-11,14H2,1-5H3,(H,25,27). The molecule has 0 fully saturated rings. The molecule has 6 heteroatoms. The molecule has 0 bridgehead atoms. The number of anilines is 1. The van der Waals surface area contributed by atoms with Gasteiger partial charge >= 0.3 is 0 Å². The van der Waals surface area contributed by atoms with E-state index >= 15 is 0 Å². The van der Waals surface area contributed by atoms with Gasteiger partial charge in [-0.15, -0.1) is 0 Å². The predicted octanol–water partition coefficient (Wildman–Crippen LogP) is 4.15. The fourth-order valence-electron chi connectivity index (χ4n) is 3.58. The molecule has 0 spiro atoms. The second-order valence-corrected chi connectivity index (χ2v) is 8.14. The lowest BCUT2D eigenvalue weighted by molar-refractivity contribution is -0.126. The Morgan fingerprint density at radius 3 is 2.60 bits per heavy atom. The van der Waals surface area contributed by atoms with Crippen LogP contribution in [0.5, 0.6) is 11.5 Å². The van der Waals surface area contributed by atoms with Crippen molar-refractivity contribution in [3.05, 3.63) is 53.1 Å². The smallest absolute Gasteiger partial charge is 0.254 e. The van der Waals surface area contributed by atoms with E-state index in [-0.39, 0.29) is 11.8 Å². The second kappa shape index (κ2) is 9.20. The highest BCUT2D eigenvalue weighted by molar-refractivity contribution is 6.06. The van der Waals surface area contributed by atoms with Gasteiger partial charge in [-0.3, -0.25) is 9.59 Å². The van der Waals surface area contributed by atoms with E-state index in [0.29, 0.717) is 30.6 Å². The maximum Gasteiger partial charge on any atom is 0.254 e.